The predicted octanol–water partition coefficient (Wildman–Crippen LogP) is 4.62. The maximum absolute atomic E-state index is 12.5. The molecule has 9 heteroatoms. The lowest BCUT2D eigenvalue weighted by Gasteiger charge is -2.24. The van der Waals surface area contributed by atoms with Crippen LogP contribution < -0.4 is 9.64 Å². The Bertz CT molecular complexity index is 1060. The van der Waals surface area contributed by atoms with E-state index in [-0.39, 0.29) is 23.1 Å². The Labute approximate surface area is 161 Å². The molecule has 1 unspecified atom stereocenters. The van der Waals surface area contributed by atoms with Crippen LogP contribution in [0.3, 0.4) is 0 Å². The first-order valence-electron chi connectivity index (χ1n) is 8.20. The number of fused-ring (bicyclic) bond motifs is 1. The molecular weight excluding hydrogens is 393 g/mol. The van der Waals surface area contributed by atoms with Gasteiger partial charge in [0.15, 0.2) is 0 Å². The van der Waals surface area contributed by atoms with Crippen molar-refractivity contribution in [2.24, 2.45) is 0 Å². The third-order valence-corrected chi connectivity index (χ3v) is 5.35. The summed E-state index contributed by atoms with van der Waals surface area (Å²) >= 11 is 1.31. The van der Waals surface area contributed by atoms with Gasteiger partial charge in [-0.25, -0.2) is 4.98 Å². The Balaban J connectivity index is 1.72. The maximum Gasteiger partial charge on any atom is 0.573 e. The average molecular weight is 406 g/mol. The number of para-hydroxylation sites is 1. The number of rotatable bonds is 3. The summed E-state index contributed by atoms with van der Waals surface area (Å²) in [4.78, 5) is 18.3. The van der Waals surface area contributed by atoms with Gasteiger partial charge in [-0.05, 0) is 24.3 Å². The van der Waals surface area contributed by atoms with Crippen molar-refractivity contribution >= 4 is 34.3 Å². The normalized spacial score (nSPS) is 17.3. The first-order valence-corrected chi connectivity index (χ1v) is 9.25. The van der Waals surface area contributed by atoms with E-state index in [9.17, 15) is 23.1 Å². The summed E-state index contributed by atoms with van der Waals surface area (Å²) in [5.41, 5.74) is 1.20. The van der Waals surface area contributed by atoms with Crippen molar-refractivity contribution in [3.05, 3.63) is 60.3 Å². The van der Waals surface area contributed by atoms with E-state index in [1.54, 1.807) is 30.3 Å². The van der Waals surface area contributed by atoms with Gasteiger partial charge in [0.2, 0.25) is 5.91 Å². The molecule has 1 N–H and O–H groups in total. The highest BCUT2D eigenvalue weighted by Crippen LogP contribution is 2.42. The van der Waals surface area contributed by atoms with Gasteiger partial charge in [0.1, 0.15) is 22.4 Å². The molecule has 144 valence electrons. The average Bonchev–Trinajstić information content (AvgIpc) is 3.02. The van der Waals surface area contributed by atoms with Crippen molar-refractivity contribution < 1.29 is 27.8 Å². The van der Waals surface area contributed by atoms with Crippen LogP contribution in [-0.2, 0) is 4.79 Å². The number of phenolic OH excluding ortho intramolecular Hbond substituents is 1. The van der Waals surface area contributed by atoms with Gasteiger partial charge in [-0.1, -0.05) is 24.3 Å². The van der Waals surface area contributed by atoms with Gasteiger partial charge in [-0.3, -0.25) is 9.69 Å². The monoisotopic (exact) mass is 406 g/mol. The van der Waals surface area contributed by atoms with Crippen LogP contribution in [0.1, 0.15) is 11.1 Å². The number of hydrogen-bond donors (Lipinski definition) is 1. The van der Waals surface area contributed by atoms with Crippen molar-refractivity contribution in [2.45, 2.75) is 11.7 Å². The standard InChI is InChI=1S/C19H13F3N2O3S/c20-19(21,22)27-13-5-2-4-12(9-13)24-16(26)10-28-18(24)14-8-7-11-3-1-6-15(25)17(11)23-14/h1-9,18,25H,10H2. The lowest BCUT2D eigenvalue weighted by atomic mass is 10.1. The molecule has 1 saturated heterocycles. The molecule has 0 saturated carbocycles. The van der Waals surface area contributed by atoms with E-state index >= 15 is 0 Å². The number of hydrogen-bond acceptors (Lipinski definition) is 5. The summed E-state index contributed by atoms with van der Waals surface area (Å²) in [5, 5.41) is 10.3. The van der Waals surface area contributed by atoms with E-state index in [4.69, 9.17) is 0 Å². The highest BCUT2D eigenvalue weighted by Gasteiger charge is 2.36. The first kappa shape index (κ1) is 18.4. The van der Waals surface area contributed by atoms with Gasteiger partial charge in [-0.2, -0.15) is 0 Å². The Morgan fingerprint density at radius 1 is 1.14 bits per heavy atom. The van der Waals surface area contributed by atoms with Crippen LogP contribution >= 0.6 is 11.8 Å². The zero-order chi connectivity index (χ0) is 19.9. The highest BCUT2D eigenvalue weighted by molar-refractivity contribution is 8.00. The number of ether oxygens (including phenoxy) is 1. The number of aromatic nitrogens is 1. The summed E-state index contributed by atoms with van der Waals surface area (Å²) < 4.78 is 41.5. The van der Waals surface area contributed by atoms with Crippen LogP contribution in [0, 0.1) is 0 Å². The lowest BCUT2D eigenvalue weighted by Crippen LogP contribution is -2.28. The van der Waals surface area contributed by atoms with Gasteiger partial charge in [0.05, 0.1) is 11.4 Å². The molecule has 28 heavy (non-hydrogen) atoms. The highest BCUT2D eigenvalue weighted by atomic mass is 32.2. The van der Waals surface area contributed by atoms with Crippen LogP contribution in [0.15, 0.2) is 54.6 Å². The number of carbonyl (C=O) groups is 1. The molecule has 1 aromatic heterocycles. The molecule has 5 nitrogen and oxygen atoms in total. The molecule has 1 atom stereocenters. The molecule has 0 spiro atoms. The molecule has 0 aliphatic carbocycles. The zero-order valence-electron chi connectivity index (χ0n) is 14.2. The fourth-order valence-electron chi connectivity index (χ4n) is 3.04. The van der Waals surface area contributed by atoms with E-state index < -0.39 is 17.5 Å². The van der Waals surface area contributed by atoms with Crippen molar-refractivity contribution in [1.82, 2.24) is 4.98 Å². The molecule has 1 amide bonds. The SMILES string of the molecule is O=C1CSC(c2ccc3cccc(O)c3n2)N1c1cccc(OC(F)(F)F)c1. The number of anilines is 1. The third kappa shape index (κ3) is 3.57. The number of nitrogens with zero attached hydrogens (tertiary/aromatic N) is 2. The minimum Gasteiger partial charge on any atom is -0.506 e. The summed E-state index contributed by atoms with van der Waals surface area (Å²) in [7, 11) is 0. The van der Waals surface area contributed by atoms with E-state index in [0.29, 0.717) is 11.2 Å². The van der Waals surface area contributed by atoms with Crippen molar-refractivity contribution in [1.29, 1.82) is 0 Å². The van der Waals surface area contributed by atoms with E-state index in [2.05, 4.69) is 9.72 Å². The summed E-state index contributed by atoms with van der Waals surface area (Å²) in [5.74, 6) is -0.480. The molecule has 1 fully saturated rings. The first-order chi connectivity index (χ1) is 13.3. The van der Waals surface area contributed by atoms with E-state index in [1.165, 1.54) is 40.9 Å². The van der Waals surface area contributed by atoms with E-state index in [1.807, 2.05) is 0 Å². The summed E-state index contributed by atoms with van der Waals surface area (Å²) in [6, 6.07) is 13.8. The Kier molecular flexibility index (Phi) is 4.54. The zero-order valence-corrected chi connectivity index (χ0v) is 15.0. The second kappa shape index (κ2) is 6.90. The Morgan fingerprint density at radius 2 is 1.93 bits per heavy atom. The predicted molar refractivity (Wildman–Crippen MR) is 99.2 cm³/mol. The molecular formula is C19H13F3N2O3S. The molecule has 1 aliphatic heterocycles. The molecule has 0 bridgehead atoms. The number of benzene rings is 2. The Morgan fingerprint density at radius 3 is 2.71 bits per heavy atom. The van der Waals surface area contributed by atoms with Crippen molar-refractivity contribution in [3.8, 4) is 11.5 Å². The number of aromatic hydroxyl groups is 1. The molecule has 2 heterocycles. The molecule has 3 aromatic rings. The van der Waals surface area contributed by atoms with Crippen molar-refractivity contribution in [3.63, 3.8) is 0 Å². The number of thioether (sulfide) groups is 1. The number of amides is 1. The van der Waals surface area contributed by atoms with Crippen LogP contribution in [0.25, 0.3) is 10.9 Å². The molecule has 2 aromatic carbocycles. The summed E-state index contributed by atoms with van der Waals surface area (Å²) in [6.45, 7) is 0. The fraction of sp³-hybridized carbons (Fsp3) is 0.158. The molecule has 4 rings (SSSR count). The largest absolute Gasteiger partial charge is 0.573 e. The van der Waals surface area contributed by atoms with Gasteiger partial charge in [-0.15, -0.1) is 24.9 Å². The van der Waals surface area contributed by atoms with Crippen LogP contribution in [0.5, 0.6) is 11.5 Å². The minimum absolute atomic E-state index is 0.0146. The summed E-state index contributed by atoms with van der Waals surface area (Å²) in [6.07, 6.45) is -4.82. The van der Waals surface area contributed by atoms with Crippen LogP contribution in [-0.4, -0.2) is 28.1 Å². The van der Waals surface area contributed by atoms with Gasteiger partial charge < -0.3 is 9.84 Å². The molecule has 1 aliphatic rings. The second-order valence-corrected chi connectivity index (χ2v) is 7.13. The topological polar surface area (TPSA) is 62.7 Å². The quantitative estimate of drug-likeness (QED) is 0.688. The van der Waals surface area contributed by atoms with Crippen molar-refractivity contribution in [2.75, 3.05) is 10.7 Å². The van der Waals surface area contributed by atoms with Crippen LogP contribution in [0.2, 0.25) is 0 Å². The minimum atomic E-state index is -4.82. The third-order valence-electron chi connectivity index (χ3n) is 4.17. The lowest BCUT2D eigenvalue weighted by molar-refractivity contribution is -0.274. The number of alkyl halides is 3. The van der Waals surface area contributed by atoms with Gasteiger partial charge in [0, 0.05) is 17.1 Å². The number of carbonyl (C=O) groups excluding carboxylic acids is 1. The maximum atomic E-state index is 12.5. The number of pyridine rings is 1. The molecule has 0 radical (unpaired) electrons. The number of phenols is 1. The number of halogens is 3. The van der Waals surface area contributed by atoms with Gasteiger partial charge in [0.25, 0.3) is 0 Å². The van der Waals surface area contributed by atoms with E-state index in [0.717, 1.165) is 5.39 Å². The fourth-order valence-corrected chi connectivity index (χ4v) is 4.17. The Hall–Kier alpha value is -2.94. The van der Waals surface area contributed by atoms with Gasteiger partial charge >= 0.3 is 6.36 Å². The second-order valence-electron chi connectivity index (χ2n) is 6.06. The van der Waals surface area contributed by atoms with Crippen LogP contribution in [0.4, 0.5) is 18.9 Å². The smallest absolute Gasteiger partial charge is 0.506 e.